The maximum Gasteiger partial charge on any atom is 0.254 e. The molecule has 136 valence electrons. The molecule has 4 nitrogen and oxygen atoms in total. The van der Waals surface area contributed by atoms with Crippen molar-refractivity contribution < 1.29 is 9.53 Å². The first-order valence-electron chi connectivity index (χ1n) is 8.78. The van der Waals surface area contributed by atoms with Gasteiger partial charge in [0, 0.05) is 36.2 Å². The van der Waals surface area contributed by atoms with Crippen molar-refractivity contribution in [2.24, 2.45) is 0 Å². The predicted molar refractivity (Wildman–Crippen MR) is 111 cm³/mol. The minimum atomic E-state index is -0.0547. The van der Waals surface area contributed by atoms with Crippen molar-refractivity contribution in [2.75, 3.05) is 26.8 Å². The van der Waals surface area contributed by atoms with Crippen molar-refractivity contribution in [3.05, 3.63) is 59.1 Å². The number of pyridine rings is 1. The number of hydrogen-bond donors (Lipinski definition) is 0. The maximum atomic E-state index is 13.2. The molecule has 0 aliphatic heterocycles. The number of methoxy groups -OCH3 is 1. The minimum Gasteiger partial charge on any atom is -0.383 e. The number of likely N-dealkylation sites (N-methyl/N-ethyl adjacent to an activating group) is 1. The zero-order chi connectivity index (χ0) is 19.4. The van der Waals surface area contributed by atoms with E-state index in [1.54, 1.807) is 24.1 Å². The van der Waals surface area contributed by atoms with Gasteiger partial charge in [-0.25, -0.2) is 4.98 Å². The molecular weight excluding hydrogens is 359 g/mol. The normalized spacial score (nSPS) is 10.9. The predicted octanol–water partition coefficient (Wildman–Crippen LogP) is 3.46. The number of nitrogens with zero attached hydrogens (tertiary/aromatic N) is 2. The van der Waals surface area contributed by atoms with Crippen LogP contribution in [0.4, 0.5) is 0 Å². The average molecular weight is 379 g/mol. The number of carbonyl (C=O) groups is 1. The van der Waals surface area contributed by atoms with Gasteiger partial charge in [0.15, 0.2) is 0 Å². The van der Waals surface area contributed by atoms with Crippen molar-refractivity contribution in [3.63, 3.8) is 0 Å². The molecule has 1 heterocycles. The van der Waals surface area contributed by atoms with E-state index in [4.69, 9.17) is 29.2 Å². The molecule has 0 N–H and O–H groups in total. The summed E-state index contributed by atoms with van der Waals surface area (Å²) < 4.78 is 5.13. The van der Waals surface area contributed by atoms with Crippen LogP contribution in [0.1, 0.15) is 17.3 Å². The standard InChI is InChI=1S/C21H20BClN2O2/c1-3-25(10-11-27-2)21(26)18-13-19(14-4-6-15(22)7-5-14)24-20-12-16(23)8-9-17(18)20/h4-9,12-13H,3,10-11H2,1-2H3. The second-order valence-corrected chi connectivity index (χ2v) is 6.65. The first-order valence-corrected chi connectivity index (χ1v) is 9.15. The third-order valence-corrected chi connectivity index (χ3v) is 4.68. The quantitative estimate of drug-likeness (QED) is 0.617. The van der Waals surface area contributed by atoms with Gasteiger partial charge in [-0.3, -0.25) is 4.79 Å². The molecule has 0 aliphatic carbocycles. The maximum absolute atomic E-state index is 13.2. The zero-order valence-electron chi connectivity index (χ0n) is 15.4. The zero-order valence-corrected chi connectivity index (χ0v) is 16.2. The Balaban J connectivity index is 2.14. The second-order valence-electron chi connectivity index (χ2n) is 6.22. The molecule has 3 rings (SSSR count). The Morgan fingerprint density at radius 1 is 1.19 bits per heavy atom. The van der Waals surface area contributed by atoms with E-state index in [9.17, 15) is 4.79 Å². The van der Waals surface area contributed by atoms with Crippen molar-refractivity contribution in [3.8, 4) is 11.3 Å². The summed E-state index contributed by atoms with van der Waals surface area (Å²) >= 11 is 6.16. The summed E-state index contributed by atoms with van der Waals surface area (Å²) in [7, 11) is 7.41. The Morgan fingerprint density at radius 3 is 2.59 bits per heavy atom. The molecule has 27 heavy (non-hydrogen) atoms. The smallest absolute Gasteiger partial charge is 0.254 e. The van der Waals surface area contributed by atoms with Crippen LogP contribution in [0.2, 0.25) is 5.02 Å². The number of halogens is 1. The van der Waals surface area contributed by atoms with Gasteiger partial charge in [0.2, 0.25) is 0 Å². The molecule has 0 saturated heterocycles. The molecule has 0 unspecified atom stereocenters. The average Bonchev–Trinajstić information content (AvgIpc) is 2.67. The van der Waals surface area contributed by atoms with E-state index in [2.05, 4.69) is 0 Å². The largest absolute Gasteiger partial charge is 0.383 e. The number of ether oxygens (including phenoxy) is 1. The van der Waals surface area contributed by atoms with Crippen LogP contribution in [0.25, 0.3) is 22.2 Å². The van der Waals surface area contributed by atoms with Crippen molar-refractivity contribution in [2.45, 2.75) is 6.92 Å². The second kappa shape index (κ2) is 8.55. The van der Waals surface area contributed by atoms with E-state index in [1.165, 1.54) is 0 Å². The number of aromatic nitrogens is 1. The van der Waals surface area contributed by atoms with Gasteiger partial charge >= 0.3 is 0 Å². The van der Waals surface area contributed by atoms with E-state index in [-0.39, 0.29) is 5.91 Å². The van der Waals surface area contributed by atoms with Crippen LogP contribution < -0.4 is 5.46 Å². The summed E-state index contributed by atoms with van der Waals surface area (Å²) in [4.78, 5) is 19.7. The Kier molecular flexibility index (Phi) is 6.14. The molecule has 6 heteroatoms. The topological polar surface area (TPSA) is 42.4 Å². The Morgan fingerprint density at radius 2 is 1.93 bits per heavy atom. The first kappa shape index (κ1) is 19.4. The summed E-state index contributed by atoms with van der Waals surface area (Å²) in [6, 6.07) is 14.6. The molecular formula is C21H20BClN2O2. The van der Waals surface area contributed by atoms with Crippen LogP contribution in [0.5, 0.6) is 0 Å². The van der Waals surface area contributed by atoms with Crippen LogP contribution in [0.3, 0.4) is 0 Å². The van der Waals surface area contributed by atoms with Crippen LogP contribution in [0, 0.1) is 0 Å². The fraction of sp³-hybridized carbons (Fsp3) is 0.238. The molecule has 0 spiro atoms. The van der Waals surface area contributed by atoms with Crippen LogP contribution >= 0.6 is 11.6 Å². The van der Waals surface area contributed by atoms with Gasteiger partial charge in [0.25, 0.3) is 5.91 Å². The van der Waals surface area contributed by atoms with E-state index in [0.29, 0.717) is 47.0 Å². The van der Waals surface area contributed by atoms with Gasteiger partial charge in [-0.2, -0.15) is 0 Å². The number of rotatable bonds is 6. The number of fused-ring (bicyclic) bond motifs is 1. The number of hydrogen-bond acceptors (Lipinski definition) is 3. The van der Waals surface area contributed by atoms with Gasteiger partial charge in [-0.05, 0) is 25.1 Å². The van der Waals surface area contributed by atoms with Gasteiger partial charge in [0.05, 0.1) is 23.4 Å². The van der Waals surface area contributed by atoms with E-state index in [1.807, 2.05) is 43.3 Å². The Labute approximate surface area is 165 Å². The molecule has 0 saturated carbocycles. The molecule has 2 aromatic carbocycles. The lowest BCUT2D eigenvalue weighted by molar-refractivity contribution is 0.0708. The highest BCUT2D eigenvalue weighted by molar-refractivity contribution is 6.32. The molecule has 1 amide bonds. The van der Waals surface area contributed by atoms with Gasteiger partial charge in [-0.15, -0.1) is 0 Å². The third kappa shape index (κ3) is 4.31. The molecule has 2 radical (unpaired) electrons. The minimum absolute atomic E-state index is 0.0547. The Bertz CT molecular complexity index is 960. The molecule has 0 fully saturated rings. The molecule has 0 atom stereocenters. The van der Waals surface area contributed by atoms with Crippen molar-refractivity contribution >= 4 is 41.7 Å². The van der Waals surface area contributed by atoms with E-state index >= 15 is 0 Å². The highest BCUT2D eigenvalue weighted by Gasteiger charge is 2.19. The van der Waals surface area contributed by atoms with Crippen molar-refractivity contribution in [1.29, 1.82) is 0 Å². The number of amides is 1. The third-order valence-electron chi connectivity index (χ3n) is 4.44. The fourth-order valence-electron chi connectivity index (χ4n) is 2.96. The van der Waals surface area contributed by atoms with Crippen molar-refractivity contribution in [1.82, 2.24) is 9.88 Å². The highest BCUT2D eigenvalue weighted by Crippen LogP contribution is 2.27. The molecule has 0 bridgehead atoms. The monoisotopic (exact) mass is 378 g/mol. The van der Waals surface area contributed by atoms with Gasteiger partial charge in [0.1, 0.15) is 7.85 Å². The lowest BCUT2D eigenvalue weighted by atomic mass is 9.94. The Hall–Kier alpha value is -2.37. The number of carbonyl (C=O) groups excluding carboxylic acids is 1. The van der Waals surface area contributed by atoms with E-state index < -0.39 is 0 Å². The summed E-state index contributed by atoms with van der Waals surface area (Å²) in [6.45, 7) is 3.56. The molecule has 0 aliphatic rings. The summed E-state index contributed by atoms with van der Waals surface area (Å²) in [5, 5.41) is 1.36. The van der Waals surface area contributed by atoms with E-state index in [0.717, 1.165) is 10.9 Å². The molecule has 3 aromatic rings. The lowest BCUT2D eigenvalue weighted by Gasteiger charge is -2.21. The lowest BCUT2D eigenvalue weighted by Crippen LogP contribution is -2.33. The van der Waals surface area contributed by atoms with Crippen LogP contribution in [-0.4, -0.2) is 50.4 Å². The number of benzene rings is 2. The summed E-state index contributed by atoms with van der Waals surface area (Å²) in [5.74, 6) is -0.0547. The fourth-order valence-corrected chi connectivity index (χ4v) is 3.12. The summed E-state index contributed by atoms with van der Waals surface area (Å²) in [5.41, 5.74) is 3.55. The first-order chi connectivity index (χ1) is 13.0. The van der Waals surface area contributed by atoms with Gasteiger partial charge < -0.3 is 9.64 Å². The highest BCUT2D eigenvalue weighted by atomic mass is 35.5. The molecule has 1 aromatic heterocycles. The van der Waals surface area contributed by atoms with Crippen LogP contribution in [-0.2, 0) is 4.74 Å². The van der Waals surface area contributed by atoms with Crippen LogP contribution in [0.15, 0.2) is 48.5 Å². The summed E-state index contributed by atoms with van der Waals surface area (Å²) in [6.07, 6.45) is 0. The SMILES string of the molecule is [B]c1ccc(-c2cc(C(=O)N(CC)CCOC)c3ccc(Cl)cc3n2)cc1. The van der Waals surface area contributed by atoms with Gasteiger partial charge in [-0.1, -0.05) is 47.4 Å².